The summed E-state index contributed by atoms with van der Waals surface area (Å²) in [6.45, 7) is 2.43. The number of pyridine rings is 1. The molecule has 2 aromatic heterocycles. The minimum atomic E-state index is -0.233. The lowest BCUT2D eigenvalue weighted by atomic mass is 10.1. The van der Waals surface area contributed by atoms with E-state index >= 15 is 0 Å². The fourth-order valence-electron chi connectivity index (χ4n) is 2.88. The molecule has 0 unspecified atom stereocenters. The van der Waals surface area contributed by atoms with Crippen molar-refractivity contribution in [2.45, 2.75) is 13.5 Å². The Hall–Kier alpha value is -3.80. The lowest BCUT2D eigenvalue weighted by molar-refractivity contribution is 0.0947. The van der Waals surface area contributed by atoms with Crippen LogP contribution in [-0.4, -0.2) is 25.7 Å². The van der Waals surface area contributed by atoms with Gasteiger partial charge in [0.25, 0.3) is 5.91 Å². The van der Waals surface area contributed by atoms with Crippen molar-refractivity contribution in [1.82, 2.24) is 19.7 Å². The molecule has 2 aromatic carbocycles. The van der Waals surface area contributed by atoms with E-state index in [9.17, 15) is 4.79 Å². The second-order valence-electron chi connectivity index (χ2n) is 6.35. The van der Waals surface area contributed by atoms with Crippen LogP contribution in [0.3, 0.4) is 0 Å². The first kappa shape index (κ1) is 17.6. The highest BCUT2D eigenvalue weighted by Crippen LogP contribution is 2.18. The molecule has 28 heavy (non-hydrogen) atoms. The maximum Gasteiger partial charge on any atom is 0.281 e. The Morgan fingerprint density at radius 2 is 1.71 bits per heavy atom. The quantitative estimate of drug-likeness (QED) is 0.577. The van der Waals surface area contributed by atoms with Crippen molar-refractivity contribution in [3.05, 3.63) is 95.7 Å². The zero-order chi connectivity index (χ0) is 19.3. The average molecular weight is 369 g/mol. The van der Waals surface area contributed by atoms with Crippen LogP contribution in [0, 0.1) is 6.92 Å². The molecule has 0 saturated heterocycles. The van der Waals surface area contributed by atoms with Crippen LogP contribution < -0.4 is 5.32 Å². The van der Waals surface area contributed by atoms with E-state index in [1.807, 2.05) is 73.7 Å². The van der Waals surface area contributed by atoms with Gasteiger partial charge in [0.2, 0.25) is 11.8 Å². The van der Waals surface area contributed by atoms with Gasteiger partial charge < -0.3 is 5.32 Å². The van der Waals surface area contributed by atoms with Crippen LogP contribution in [0.15, 0.2) is 79.0 Å². The molecule has 4 rings (SSSR count). The van der Waals surface area contributed by atoms with E-state index in [0.29, 0.717) is 29.6 Å². The summed E-state index contributed by atoms with van der Waals surface area (Å²) in [6.07, 6.45) is 1.68. The zero-order valence-electron chi connectivity index (χ0n) is 15.4. The van der Waals surface area contributed by atoms with Crippen LogP contribution in [0.25, 0.3) is 11.5 Å². The molecule has 0 aliphatic rings. The fourth-order valence-corrected chi connectivity index (χ4v) is 2.88. The third-order valence-electron chi connectivity index (χ3n) is 4.36. The Morgan fingerprint density at radius 1 is 0.964 bits per heavy atom. The van der Waals surface area contributed by atoms with Gasteiger partial charge in [-0.25, -0.2) is 0 Å². The van der Waals surface area contributed by atoms with Crippen molar-refractivity contribution in [2.24, 2.45) is 0 Å². The Kier molecular flexibility index (Phi) is 4.93. The standard InChI is InChI=1S/C22H19N5O/c1-16-9-5-6-12-18(16)21(28)27-22(24-15-17-10-3-2-4-11-17)25-20(26-27)19-13-7-8-14-23-19/h2-14H,15H2,1H3,(H,24,25,26). The number of carbonyl (C=O) groups is 1. The lowest BCUT2D eigenvalue weighted by Gasteiger charge is -2.08. The number of hydrogen-bond donors (Lipinski definition) is 1. The first-order valence-corrected chi connectivity index (χ1v) is 8.99. The van der Waals surface area contributed by atoms with Crippen molar-refractivity contribution < 1.29 is 4.79 Å². The van der Waals surface area contributed by atoms with Crippen LogP contribution in [0.4, 0.5) is 5.95 Å². The molecule has 0 aliphatic heterocycles. The Bertz CT molecular complexity index is 1090. The second-order valence-corrected chi connectivity index (χ2v) is 6.35. The molecule has 6 heteroatoms. The summed E-state index contributed by atoms with van der Waals surface area (Å²) in [5.41, 5.74) is 3.17. The molecule has 0 aliphatic carbocycles. The van der Waals surface area contributed by atoms with Gasteiger partial charge in [-0.1, -0.05) is 54.6 Å². The highest BCUT2D eigenvalue weighted by molar-refractivity contribution is 5.98. The van der Waals surface area contributed by atoms with Crippen LogP contribution in [0.5, 0.6) is 0 Å². The lowest BCUT2D eigenvalue weighted by Crippen LogP contribution is -2.18. The largest absolute Gasteiger partial charge is 0.350 e. The Morgan fingerprint density at radius 3 is 2.46 bits per heavy atom. The highest BCUT2D eigenvalue weighted by atomic mass is 16.2. The topological polar surface area (TPSA) is 72.7 Å². The van der Waals surface area contributed by atoms with Gasteiger partial charge >= 0.3 is 0 Å². The first-order chi connectivity index (χ1) is 13.7. The summed E-state index contributed by atoms with van der Waals surface area (Å²) >= 11 is 0. The molecule has 0 radical (unpaired) electrons. The summed E-state index contributed by atoms with van der Waals surface area (Å²) < 4.78 is 1.31. The minimum Gasteiger partial charge on any atom is -0.350 e. The van der Waals surface area contributed by atoms with Gasteiger partial charge in [-0.15, -0.1) is 5.10 Å². The smallest absolute Gasteiger partial charge is 0.281 e. The summed E-state index contributed by atoms with van der Waals surface area (Å²) in [5.74, 6) is 0.555. The molecule has 0 bridgehead atoms. The van der Waals surface area contributed by atoms with Crippen molar-refractivity contribution in [2.75, 3.05) is 5.32 Å². The van der Waals surface area contributed by atoms with Crippen molar-refractivity contribution in [3.8, 4) is 11.5 Å². The van der Waals surface area contributed by atoms with E-state index in [0.717, 1.165) is 11.1 Å². The van der Waals surface area contributed by atoms with E-state index in [2.05, 4.69) is 20.4 Å². The number of nitrogens with zero attached hydrogens (tertiary/aromatic N) is 4. The second kappa shape index (κ2) is 7.84. The molecular formula is C22H19N5O. The van der Waals surface area contributed by atoms with E-state index in [4.69, 9.17) is 0 Å². The molecule has 0 fully saturated rings. The highest BCUT2D eigenvalue weighted by Gasteiger charge is 2.20. The van der Waals surface area contributed by atoms with Gasteiger partial charge in [0.15, 0.2) is 0 Å². The van der Waals surface area contributed by atoms with Gasteiger partial charge in [-0.3, -0.25) is 9.78 Å². The summed E-state index contributed by atoms with van der Waals surface area (Å²) in [6, 6.07) is 22.9. The number of benzene rings is 2. The fraction of sp³-hybridized carbons (Fsp3) is 0.0909. The average Bonchev–Trinajstić information content (AvgIpc) is 3.18. The van der Waals surface area contributed by atoms with Crippen LogP contribution >= 0.6 is 0 Å². The molecule has 2 heterocycles. The summed E-state index contributed by atoms with van der Waals surface area (Å²) in [7, 11) is 0. The molecule has 138 valence electrons. The third kappa shape index (κ3) is 3.66. The van der Waals surface area contributed by atoms with Crippen molar-refractivity contribution in [3.63, 3.8) is 0 Å². The number of aryl methyl sites for hydroxylation is 1. The van der Waals surface area contributed by atoms with E-state index < -0.39 is 0 Å². The predicted octanol–water partition coefficient (Wildman–Crippen LogP) is 3.95. The normalized spacial score (nSPS) is 10.6. The maximum atomic E-state index is 13.1. The number of carbonyl (C=O) groups excluding carboxylic acids is 1. The molecule has 6 nitrogen and oxygen atoms in total. The zero-order valence-corrected chi connectivity index (χ0v) is 15.4. The molecule has 0 atom stereocenters. The molecule has 4 aromatic rings. The van der Waals surface area contributed by atoms with Crippen molar-refractivity contribution in [1.29, 1.82) is 0 Å². The number of anilines is 1. The van der Waals surface area contributed by atoms with Crippen molar-refractivity contribution >= 4 is 11.9 Å². The Labute approximate surface area is 162 Å². The van der Waals surface area contributed by atoms with Crippen LogP contribution in [0.1, 0.15) is 21.5 Å². The van der Waals surface area contributed by atoms with Gasteiger partial charge in [-0.2, -0.15) is 9.67 Å². The first-order valence-electron chi connectivity index (χ1n) is 8.99. The molecular weight excluding hydrogens is 350 g/mol. The van der Waals surface area contributed by atoms with Gasteiger partial charge in [0.05, 0.1) is 0 Å². The van der Waals surface area contributed by atoms with Crippen LogP contribution in [0.2, 0.25) is 0 Å². The monoisotopic (exact) mass is 369 g/mol. The number of hydrogen-bond acceptors (Lipinski definition) is 5. The third-order valence-corrected chi connectivity index (χ3v) is 4.36. The van der Waals surface area contributed by atoms with E-state index in [1.165, 1.54) is 4.68 Å². The van der Waals surface area contributed by atoms with Gasteiger partial charge in [-0.05, 0) is 36.2 Å². The molecule has 1 N–H and O–H groups in total. The SMILES string of the molecule is Cc1ccccc1C(=O)n1nc(-c2ccccn2)nc1NCc1ccccc1. The number of aromatic nitrogens is 4. The molecule has 0 amide bonds. The number of nitrogens with one attached hydrogen (secondary N) is 1. The van der Waals surface area contributed by atoms with Crippen LogP contribution in [-0.2, 0) is 6.54 Å². The van der Waals surface area contributed by atoms with E-state index in [1.54, 1.807) is 12.3 Å². The van der Waals surface area contributed by atoms with E-state index in [-0.39, 0.29) is 5.91 Å². The van der Waals surface area contributed by atoms with Gasteiger partial charge in [0.1, 0.15) is 5.69 Å². The minimum absolute atomic E-state index is 0.233. The molecule has 0 spiro atoms. The predicted molar refractivity (Wildman–Crippen MR) is 108 cm³/mol. The number of rotatable bonds is 5. The summed E-state index contributed by atoms with van der Waals surface area (Å²) in [4.78, 5) is 22.0. The summed E-state index contributed by atoms with van der Waals surface area (Å²) in [5, 5.41) is 7.67. The Balaban J connectivity index is 1.71. The molecule has 0 saturated carbocycles. The maximum absolute atomic E-state index is 13.1. The van der Waals surface area contributed by atoms with Gasteiger partial charge in [0, 0.05) is 18.3 Å².